The summed E-state index contributed by atoms with van der Waals surface area (Å²) in [6, 6.07) is 5.12. The summed E-state index contributed by atoms with van der Waals surface area (Å²) in [5.41, 5.74) is 0.691. The Morgan fingerprint density at radius 2 is 2.20 bits per heavy atom. The van der Waals surface area contributed by atoms with Crippen molar-refractivity contribution in [1.82, 2.24) is 4.90 Å². The van der Waals surface area contributed by atoms with Gasteiger partial charge in [0.1, 0.15) is 0 Å². The number of rotatable bonds is 4. The molecule has 1 fully saturated rings. The van der Waals surface area contributed by atoms with Gasteiger partial charge in [0.05, 0.1) is 10.0 Å². The average Bonchev–Trinajstić information content (AvgIpc) is 2.41. The third-order valence-electron chi connectivity index (χ3n) is 3.60. The third-order valence-corrected chi connectivity index (χ3v) is 4.34. The zero-order chi connectivity index (χ0) is 14.5. The van der Waals surface area contributed by atoms with Gasteiger partial charge in [-0.05, 0) is 43.5 Å². The molecule has 0 bridgehead atoms. The summed E-state index contributed by atoms with van der Waals surface area (Å²) < 4.78 is 0. The Balaban J connectivity index is 1.78. The fourth-order valence-corrected chi connectivity index (χ4v) is 2.84. The van der Waals surface area contributed by atoms with Crippen LogP contribution in [-0.4, -0.2) is 30.4 Å². The number of benzene rings is 1. The molecular formula is C15H20Cl2N2O. The van der Waals surface area contributed by atoms with Gasteiger partial charge in [-0.25, -0.2) is 0 Å². The largest absolute Gasteiger partial charge is 0.326 e. The molecule has 1 unspecified atom stereocenters. The van der Waals surface area contributed by atoms with E-state index < -0.39 is 0 Å². The van der Waals surface area contributed by atoms with Crippen molar-refractivity contribution in [3.8, 4) is 0 Å². The van der Waals surface area contributed by atoms with Crippen molar-refractivity contribution in [2.75, 3.05) is 25.0 Å². The number of carbonyl (C=O) groups excluding carboxylic acids is 1. The lowest BCUT2D eigenvalue weighted by Gasteiger charge is -2.30. The van der Waals surface area contributed by atoms with Crippen molar-refractivity contribution in [2.24, 2.45) is 5.92 Å². The molecule has 5 heteroatoms. The highest BCUT2D eigenvalue weighted by atomic mass is 35.5. The fourth-order valence-electron chi connectivity index (χ4n) is 2.55. The van der Waals surface area contributed by atoms with Gasteiger partial charge in [-0.3, -0.25) is 4.79 Å². The minimum atomic E-state index is 0.0154. The van der Waals surface area contributed by atoms with Gasteiger partial charge in [-0.1, -0.05) is 30.1 Å². The Hall–Kier alpha value is -0.770. The van der Waals surface area contributed by atoms with E-state index in [1.807, 2.05) is 0 Å². The van der Waals surface area contributed by atoms with E-state index in [0.29, 0.717) is 22.2 Å². The molecule has 2 rings (SSSR count). The van der Waals surface area contributed by atoms with E-state index in [0.717, 1.165) is 25.6 Å². The number of amides is 1. The standard InChI is InChI=1S/C15H20Cl2N2O/c1-11-3-2-7-19(10-11)8-6-15(20)18-12-4-5-13(16)14(17)9-12/h4-5,9,11H,2-3,6-8,10H2,1H3,(H,18,20). The van der Waals surface area contributed by atoms with Gasteiger partial charge in [0.25, 0.3) is 0 Å². The quantitative estimate of drug-likeness (QED) is 0.909. The maximum Gasteiger partial charge on any atom is 0.225 e. The second kappa shape index (κ2) is 7.30. The van der Waals surface area contributed by atoms with Crippen LogP contribution in [0.2, 0.25) is 10.0 Å². The van der Waals surface area contributed by atoms with Crippen LogP contribution in [-0.2, 0) is 4.79 Å². The first-order chi connectivity index (χ1) is 9.54. The van der Waals surface area contributed by atoms with Gasteiger partial charge in [0.15, 0.2) is 0 Å². The molecular weight excluding hydrogens is 295 g/mol. The first kappa shape index (κ1) is 15.6. The van der Waals surface area contributed by atoms with Crippen LogP contribution in [0.1, 0.15) is 26.2 Å². The Kier molecular flexibility index (Phi) is 5.70. The number of nitrogens with zero attached hydrogens (tertiary/aromatic N) is 1. The molecule has 1 aromatic carbocycles. The van der Waals surface area contributed by atoms with Crippen LogP contribution in [0.5, 0.6) is 0 Å². The second-order valence-electron chi connectivity index (χ2n) is 5.48. The number of anilines is 1. The van der Waals surface area contributed by atoms with E-state index in [-0.39, 0.29) is 5.91 Å². The Morgan fingerprint density at radius 1 is 1.40 bits per heavy atom. The third kappa shape index (κ3) is 4.65. The van der Waals surface area contributed by atoms with Gasteiger partial charge >= 0.3 is 0 Å². The molecule has 0 saturated carbocycles. The molecule has 1 amide bonds. The zero-order valence-electron chi connectivity index (χ0n) is 11.7. The molecule has 1 aromatic rings. The van der Waals surface area contributed by atoms with E-state index in [1.165, 1.54) is 12.8 Å². The highest BCUT2D eigenvalue weighted by molar-refractivity contribution is 6.42. The molecule has 1 N–H and O–H groups in total. The monoisotopic (exact) mass is 314 g/mol. The lowest BCUT2D eigenvalue weighted by atomic mass is 10.0. The normalized spacial score (nSPS) is 19.9. The van der Waals surface area contributed by atoms with Crippen LogP contribution in [0.15, 0.2) is 18.2 Å². The number of carbonyl (C=O) groups is 1. The minimum Gasteiger partial charge on any atom is -0.326 e. The summed E-state index contributed by atoms with van der Waals surface area (Å²) in [5.74, 6) is 0.753. The second-order valence-corrected chi connectivity index (χ2v) is 6.29. The van der Waals surface area contributed by atoms with E-state index in [4.69, 9.17) is 23.2 Å². The molecule has 1 atom stereocenters. The van der Waals surface area contributed by atoms with E-state index in [1.54, 1.807) is 18.2 Å². The van der Waals surface area contributed by atoms with Crippen LogP contribution in [0.25, 0.3) is 0 Å². The lowest BCUT2D eigenvalue weighted by molar-refractivity contribution is -0.116. The lowest BCUT2D eigenvalue weighted by Crippen LogP contribution is -2.36. The van der Waals surface area contributed by atoms with Gasteiger partial charge in [-0.15, -0.1) is 0 Å². The van der Waals surface area contributed by atoms with Gasteiger partial charge < -0.3 is 10.2 Å². The molecule has 0 spiro atoms. The molecule has 1 heterocycles. The van der Waals surface area contributed by atoms with Crippen molar-refractivity contribution in [3.05, 3.63) is 28.2 Å². The van der Waals surface area contributed by atoms with Crippen LogP contribution < -0.4 is 5.32 Å². The molecule has 0 radical (unpaired) electrons. The maximum atomic E-state index is 11.9. The topological polar surface area (TPSA) is 32.3 Å². The van der Waals surface area contributed by atoms with E-state index in [9.17, 15) is 4.79 Å². The molecule has 110 valence electrons. The Labute approximate surface area is 130 Å². The molecule has 1 aliphatic rings. The van der Waals surface area contributed by atoms with Crippen molar-refractivity contribution >= 4 is 34.8 Å². The molecule has 0 aromatic heterocycles. The SMILES string of the molecule is CC1CCCN(CCC(=O)Nc2ccc(Cl)c(Cl)c2)C1. The van der Waals surface area contributed by atoms with E-state index >= 15 is 0 Å². The summed E-state index contributed by atoms with van der Waals surface area (Å²) in [6.07, 6.45) is 3.04. The van der Waals surface area contributed by atoms with Gasteiger partial charge in [-0.2, -0.15) is 0 Å². The van der Waals surface area contributed by atoms with Gasteiger partial charge in [0, 0.05) is 25.2 Å². The molecule has 3 nitrogen and oxygen atoms in total. The Morgan fingerprint density at radius 3 is 2.90 bits per heavy atom. The summed E-state index contributed by atoms with van der Waals surface area (Å²) >= 11 is 11.8. The van der Waals surface area contributed by atoms with Crippen molar-refractivity contribution in [1.29, 1.82) is 0 Å². The summed E-state index contributed by atoms with van der Waals surface area (Å²) in [4.78, 5) is 14.3. The first-order valence-electron chi connectivity index (χ1n) is 7.02. The number of hydrogen-bond donors (Lipinski definition) is 1. The number of piperidine rings is 1. The van der Waals surface area contributed by atoms with E-state index in [2.05, 4.69) is 17.1 Å². The number of hydrogen-bond acceptors (Lipinski definition) is 2. The number of halogens is 2. The summed E-state index contributed by atoms with van der Waals surface area (Å²) in [7, 11) is 0. The molecule has 0 aliphatic carbocycles. The van der Waals surface area contributed by atoms with Crippen LogP contribution in [0.3, 0.4) is 0 Å². The highest BCUT2D eigenvalue weighted by Gasteiger charge is 2.16. The molecule has 1 saturated heterocycles. The van der Waals surface area contributed by atoms with Crippen LogP contribution in [0, 0.1) is 5.92 Å². The maximum absolute atomic E-state index is 11.9. The zero-order valence-corrected chi connectivity index (χ0v) is 13.2. The Bertz CT molecular complexity index is 479. The molecule has 1 aliphatic heterocycles. The van der Waals surface area contributed by atoms with Crippen molar-refractivity contribution < 1.29 is 4.79 Å². The average molecular weight is 315 g/mol. The predicted molar refractivity (Wildman–Crippen MR) is 84.5 cm³/mol. The highest BCUT2D eigenvalue weighted by Crippen LogP contribution is 2.25. The minimum absolute atomic E-state index is 0.0154. The van der Waals surface area contributed by atoms with Crippen LogP contribution in [0.4, 0.5) is 5.69 Å². The van der Waals surface area contributed by atoms with Crippen molar-refractivity contribution in [2.45, 2.75) is 26.2 Å². The van der Waals surface area contributed by atoms with Crippen molar-refractivity contribution in [3.63, 3.8) is 0 Å². The molecule has 20 heavy (non-hydrogen) atoms. The predicted octanol–water partition coefficient (Wildman–Crippen LogP) is 4.05. The number of likely N-dealkylation sites (tertiary alicyclic amines) is 1. The summed E-state index contributed by atoms with van der Waals surface area (Å²) in [6.45, 7) is 5.28. The first-order valence-corrected chi connectivity index (χ1v) is 7.77. The fraction of sp³-hybridized carbons (Fsp3) is 0.533. The van der Waals surface area contributed by atoms with Gasteiger partial charge in [0.2, 0.25) is 5.91 Å². The smallest absolute Gasteiger partial charge is 0.225 e. The number of nitrogens with one attached hydrogen (secondary N) is 1. The van der Waals surface area contributed by atoms with Crippen LogP contribution >= 0.6 is 23.2 Å². The summed E-state index contributed by atoms with van der Waals surface area (Å²) in [5, 5.41) is 3.80.